The quantitative estimate of drug-likeness (QED) is 0.611. The first-order valence-electron chi connectivity index (χ1n) is 10.1. The Hall–Kier alpha value is -3.52. The Morgan fingerprint density at radius 2 is 1.59 bits per heavy atom. The molecule has 1 aliphatic heterocycles. The summed E-state index contributed by atoms with van der Waals surface area (Å²) in [6, 6.07) is 19.4. The lowest BCUT2D eigenvalue weighted by molar-refractivity contribution is 0.102. The number of hydrogen-bond acceptors (Lipinski definition) is 5. The zero-order valence-electron chi connectivity index (χ0n) is 17.9. The van der Waals surface area contributed by atoms with Crippen LogP contribution in [0.25, 0.3) is 0 Å². The number of anilines is 2. The predicted octanol–water partition coefficient (Wildman–Crippen LogP) is 3.98. The minimum atomic E-state index is -3.51. The molecule has 0 saturated carbocycles. The summed E-state index contributed by atoms with van der Waals surface area (Å²) in [5.74, 6) is 0.926. The van der Waals surface area contributed by atoms with Crippen LogP contribution in [-0.4, -0.2) is 33.8 Å². The molecular weight excluding hydrogens is 428 g/mol. The fourth-order valence-corrected chi connectivity index (χ4v) is 4.25. The molecule has 0 unspecified atom stereocenters. The molecule has 0 aromatic heterocycles. The van der Waals surface area contributed by atoms with E-state index in [0.717, 1.165) is 11.1 Å². The van der Waals surface area contributed by atoms with Crippen molar-refractivity contribution in [3.05, 3.63) is 83.4 Å². The number of sulfonamides is 1. The standard InChI is InChI=1S/C24H24N2O5S/c1-17-3-5-18(6-4-17)16-26(32(2,28)29)21-10-7-19(8-11-21)24(27)25-20-9-12-22-23(15-20)31-14-13-30-22/h3-12,15H,13-14,16H2,1-2H3,(H,25,27). The molecule has 3 aromatic rings. The third-order valence-electron chi connectivity index (χ3n) is 5.06. The molecule has 0 saturated heterocycles. The van der Waals surface area contributed by atoms with Crippen molar-refractivity contribution in [2.75, 3.05) is 29.1 Å². The van der Waals surface area contributed by atoms with Gasteiger partial charge in [0.05, 0.1) is 18.5 Å². The van der Waals surface area contributed by atoms with E-state index < -0.39 is 10.0 Å². The first-order chi connectivity index (χ1) is 15.3. The number of benzene rings is 3. The van der Waals surface area contributed by atoms with Gasteiger partial charge in [-0.1, -0.05) is 29.8 Å². The smallest absolute Gasteiger partial charge is 0.255 e. The Morgan fingerprint density at radius 3 is 2.25 bits per heavy atom. The van der Waals surface area contributed by atoms with Gasteiger partial charge >= 0.3 is 0 Å². The second-order valence-corrected chi connectivity index (χ2v) is 9.52. The molecule has 166 valence electrons. The minimum Gasteiger partial charge on any atom is -0.486 e. The summed E-state index contributed by atoms with van der Waals surface area (Å²) in [5, 5.41) is 2.83. The number of aryl methyl sites for hydroxylation is 1. The van der Waals surface area contributed by atoms with Crippen LogP contribution in [0.3, 0.4) is 0 Å². The third-order valence-corrected chi connectivity index (χ3v) is 6.21. The average Bonchev–Trinajstić information content (AvgIpc) is 2.78. The summed E-state index contributed by atoms with van der Waals surface area (Å²) in [6.07, 6.45) is 1.17. The number of nitrogens with zero attached hydrogens (tertiary/aromatic N) is 1. The summed E-state index contributed by atoms with van der Waals surface area (Å²) < 4.78 is 37.2. The Morgan fingerprint density at radius 1 is 0.938 bits per heavy atom. The van der Waals surface area contributed by atoms with Gasteiger partial charge in [-0.05, 0) is 48.9 Å². The molecule has 1 amide bonds. The Balaban J connectivity index is 1.50. The second kappa shape index (κ2) is 8.92. The summed E-state index contributed by atoms with van der Waals surface area (Å²) >= 11 is 0. The van der Waals surface area contributed by atoms with Crippen molar-refractivity contribution >= 4 is 27.3 Å². The lowest BCUT2D eigenvalue weighted by atomic mass is 10.1. The topological polar surface area (TPSA) is 84.9 Å². The molecule has 7 nitrogen and oxygen atoms in total. The van der Waals surface area contributed by atoms with E-state index in [4.69, 9.17) is 9.47 Å². The van der Waals surface area contributed by atoms with Crippen LogP contribution in [0.4, 0.5) is 11.4 Å². The first-order valence-corrected chi connectivity index (χ1v) is 12.0. The number of carbonyl (C=O) groups excluding carboxylic acids is 1. The van der Waals surface area contributed by atoms with Crippen molar-refractivity contribution in [3.8, 4) is 11.5 Å². The lowest BCUT2D eigenvalue weighted by Crippen LogP contribution is -2.29. The molecule has 1 heterocycles. The van der Waals surface area contributed by atoms with E-state index in [-0.39, 0.29) is 12.5 Å². The van der Waals surface area contributed by atoms with Crippen LogP contribution in [0, 0.1) is 6.92 Å². The van der Waals surface area contributed by atoms with Crippen LogP contribution < -0.4 is 19.1 Å². The largest absolute Gasteiger partial charge is 0.486 e. The molecule has 1 aliphatic rings. The van der Waals surface area contributed by atoms with Crippen molar-refractivity contribution in [1.29, 1.82) is 0 Å². The summed E-state index contributed by atoms with van der Waals surface area (Å²) in [7, 11) is -3.51. The highest BCUT2D eigenvalue weighted by Crippen LogP contribution is 2.32. The molecule has 8 heteroatoms. The maximum Gasteiger partial charge on any atom is 0.255 e. The number of ether oxygens (including phenoxy) is 2. The molecule has 1 N–H and O–H groups in total. The number of carbonyl (C=O) groups is 1. The van der Waals surface area contributed by atoms with Crippen LogP contribution in [0.5, 0.6) is 11.5 Å². The number of amides is 1. The Bertz CT molecular complexity index is 1220. The molecule has 4 rings (SSSR count). The van der Waals surface area contributed by atoms with Crippen LogP contribution in [0.2, 0.25) is 0 Å². The molecule has 0 spiro atoms. The highest BCUT2D eigenvalue weighted by Gasteiger charge is 2.19. The van der Waals surface area contributed by atoms with Gasteiger partial charge in [-0.3, -0.25) is 9.10 Å². The van der Waals surface area contributed by atoms with Crippen molar-refractivity contribution in [1.82, 2.24) is 0 Å². The van der Waals surface area contributed by atoms with E-state index >= 15 is 0 Å². The maximum atomic E-state index is 12.7. The first kappa shape index (κ1) is 21.7. The van der Waals surface area contributed by atoms with E-state index in [1.165, 1.54) is 10.6 Å². The SMILES string of the molecule is Cc1ccc(CN(c2ccc(C(=O)Nc3ccc4c(c3)OCCO4)cc2)S(C)(=O)=O)cc1. The van der Waals surface area contributed by atoms with E-state index in [9.17, 15) is 13.2 Å². The number of rotatable bonds is 6. The number of nitrogens with one attached hydrogen (secondary N) is 1. The Kier molecular flexibility index (Phi) is 6.05. The number of fused-ring (bicyclic) bond motifs is 1. The predicted molar refractivity (Wildman–Crippen MR) is 124 cm³/mol. The van der Waals surface area contributed by atoms with Gasteiger partial charge in [-0.2, -0.15) is 0 Å². The minimum absolute atomic E-state index is 0.210. The fourth-order valence-electron chi connectivity index (χ4n) is 3.36. The highest BCUT2D eigenvalue weighted by atomic mass is 32.2. The zero-order chi connectivity index (χ0) is 22.7. The lowest BCUT2D eigenvalue weighted by Gasteiger charge is -2.23. The normalized spacial score (nSPS) is 12.8. The number of hydrogen-bond donors (Lipinski definition) is 1. The van der Waals surface area contributed by atoms with Gasteiger partial charge in [0, 0.05) is 17.3 Å². The molecule has 0 radical (unpaired) electrons. The van der Waals surface area contributed by atoms with Gasteiger partial charge in [-0.15, -0.1) is 0 Å². The second-order valence-electron chi connectivity index (χ2n) is 7.61. The summed E-state index contributed by atoms with van der Waals surface area (Å²) in [6.45, 7) is 3.15. The summed E-state index contributed by atoms with van der Waals surface area (Å²) in [4.78, 5) is 12.7. The van der Waals surface area contributed by atoms with E-state index in [0.29, 0.717) is 41.7 Å². The molecule has 3 aromatic carbocycles. The Labute approximate surface area is 187 Å². The molecule has 0 atom stereocenters. The molecule has 0 fully saturated rings. The van der Waals surface area contributed by atoms with E-state index in [1.54, 1.807) is 42.5 Å². The van der Waals surface area contributed by atoms with Gasteiger partial charge < -0.3 is 14.8 Å². The molecular formula is C24H24N2O5S. The molecule has 32 heavy (non-hydrogen) atoms. The highest BCUT2D eigenvalue weighted by molar-refractivity contribution is 7.92. The van der Waals surface area contributed by atoms with Crippen LogP contribution >= 0.6 is 0 Å². The van der Waals surface area contributed by atoms with Crippen molar-refractivity contribution < 1.29 is 22.7 Å². The molecule has 0 aliphatic carbocycles. The van der Waals surface area contributed by atoms with Gasteiger partial charge in [0.15, 0.2) is 11.5 Å². The van der Waals surface area contributed by atoms with Crippen LogP contribution in [-0.2, 0) is 16.6 Å². The average molecular weight is 453 g/mol. The fraction of sp³-hybridized carbons (Fsp3) is 0.208. The van der Waals surface area contributed by atoms with Crippen LogP contribution in [0.15, 0.2) is 66.7 Å². The van der Waals surface area contributed by atoms with Crippen LogP contribution in [0.1, 0.15) is 21.5 Å². The van der Waals surface area contributed by atoms with Gasteiger partial charge in [0.2, 0.25) is 10.0 Å². The van der Waals surface area contributed by atoms with Crippen molar-refractivity contribution in [2.45, 2.75) is 13.5 Å². The summed E-state index contributed by atoms with van der Waals surface area (Å²) in [5.41, 5.74) is 3.46. The monoisotopic (exact) mass is 452 g/mol. The van der Waals surface area contributed by atoms with Crippen molar-refractivity contribution in [2.24, 2.45) is 0 Å². The van der Waals surface area contributed by atoms with E-state index in [2.05, 4.69) is 5.32 Å². The van der Waals surface area contributed by atoms with E-state index in [1.807, 2.05) is 31.2 Å². The maximum absolute atomic E-state index is 12.7. The van der Waals surface area contributed by atoms with Crippen molar-refractivity contribution in [3.63, 3.8) is 0 Å². The molecule has 0 bridgehead atoms. The third kappa shape index (κ3) is 5.03. The van der Waals surface area contributed by atoms with Gasteiger partial charge in [-0.25, -0.2) is 8.42 Å². The van der Waals surface area contributed by atoms with Gasteiger partial charge in [0.1, 0.15) is 13.2 Å². The zero-order valence-corrected chi connectivity index (χ0v) is 18.7. The van der Waals surface area contributed by atoms with Gasteiger partial charge in [0.25, 0.3) is 5.91 Å².